The van der Waals surface area contributed by atoms with Crippen LogP contribution in [0.2, 0.25) is 18.6 Å². The van der Waals surface area contributed by atoms with Crippen LogP contribution in [-0.2, 0) is 33.7 Å². The molecule has 3 heterocycles. The fraction of sp³-hybridized carbons (Fsp3) is 0.381. The maximum absolute atomic E-state index is 14.6. The number of hydrogen-bond donors (Lipinski definition) is 1. The van der Waals surface area contributed by atoms with E-state index in [0.29, 0.717) is 25.1 Å². The van der Waals surface area contributed by atoms with Gasteiger partial charge in [-0.3, -0.25) is 14.5 Å². The SMILES string of the molecule is COc1ccc([Si](C)(C)C(CC(=O)N2Cc3ccccc3C[C@H]2CO)[C@H]2Oc3ccc(N4C(=O)CCc5ccccc54)cc3[C@@H](OC)[C@@H]2C)cc1. The van der Waals surface area contributed by atoms with E-state index in [0.717, 1.165) is 40.2 Å². The van der Waals surface area contributed by atoms with Gasteiger partial charge in [-0.1, -0.05) is 79.8 Å². The van der Waals surface area contributed by atoms with Crippen molar-refractivity contribution in [1.82, 2.24) is 4.90 Å². The zero-order valence-electron chi connectivity index (χ0n) is 30.2. The molecule has 4 aromatic rings. The predicted molar refractivity (Wildman–Crippen MR) is 202 cm³/mol. The number of para-hydroxylation sites is 1. The molecular weight excluding hydrogens is 657 g/mol. The fourth-order valence-corrected chi connectivity index (χ4v) is 11.9. The normalized spacial score (nSPS) is 22.0. The number of methoxy groups -OCH3 is 2. The van der Waals surface area contributed by atoms with Crippen LogP contribution in [0, 0.1) is 5.92 Å². The van der Waals surface area contributed by atoms with Gasteiger partial charge in [0.1, 0.15) is 17.6 Å². The number of ether oxygens (including phenoxy) is 3. The Morgan fingerprint density at radius 2 is 1.65 bits per heavy atom. The van der Waals surface area contributed by atoms with E-state index in [-0.39, 0.29) is 54.6 Å². The lowest BCUT2D eigenvalue weighted by atomic mass is 9.85. The van der Waals surface area contributed by atoms with Crippen LogP contribution in [0.25, 0.3) is 0 Å². The highest BCUT2D eigenvalue weighted by Gasteiger charge is 2.49. The van der Waals surface area contributed by atoms with E-state index in [4.69, 9.17) is 14.2 Å². The molecule has 0 aromatic heterocycles. The Kier molecular flexibility index (Phi) is 9.80. The van der Waals surface area contributed by atoms with E-state index in [9.17, 15) is 14.7 Å². The highest BCUT2D eigenvalue weighted by molar-refractivity contribution is 6.91. The van der Waals surface area contributed by atoms with E-state index in [2.05, 4.69) is 50.3 Å². The zero-order valence-corrected chi connectivity index (χ0v) is 31.2. The van der Waals surface area contributed by atoms with E-state index >= 15 is 0 Å². The van der Waals surface area contributed by atoms with E-state index in [1.54, 1.807) is 14.2 Å². The van der Waals surface area contributed by atoms with Gasteiger partial charge in [-0.15, -0.1) is 0 Å². The van der Waals surface area contributed by atoms with Gasteiger partial charge in [0, 0.05) is 49.2 Å². The predicted octanol–water partition coefficient (Wildman–Crippen LogP) is 6.71. The summed E-state index contributed by atoms with van der Waals surface area (Å²) < 4.78 is 18.8. The van der Waals surface area contributed by atoms with Crippen LogP contribution >= 0.6 is 0 Å². The second-order valence-electron chi connectivity index (χ2n) is 14.8. The quantitative estimate of drug-likeness (QED) is 0.195. The minimum absolute atomic E-state index is 0.0239. The van der Waals surface area contributed by atoms with E-state index in [1.807, 2.05) is 70.5 Å². The second-order valence-corrected chi connectivity index (χ2v) is 19.5. The number of anilines is 2. The Hall–Kier alpha value is -4.44. The van der Waals surface area contributed by atoms with Crippen molar-refractivity contribution < 1.29 is 28.9 Å². The topological polar surface area (TPSA) is 88.5 Å². The molecule has 2 amide bonds. The molecule has 0 bridgehead atoms. The summed E-state index contributed by atoms with van der Waals surface area (Å²) in [7, 11) is 0.939. The molecule has 1 unspecified atom stereocenters. The summed E-state index contributed by atoms with van der Waals surface area (Å²) in [6.07, 6.45) is 1.45. The molecule has 8 nitrogen and oxygen atoms in total. The molecule has 0 saturated carbocycles. The van der Waals surface area contributed by atoms with E-state index in [1.165, 1.54) is 10.8 Å². The summed E-state index contributed by atoms with van der Waals surface area (Å²) in [6, 6.07) is 30.2. The van der Waals surface area contributed by atoms with Gasteiger partial charge in [0.05, 0.1) is 39.6 Å². The molecule has 0 radical (unpaired) electrons. The average molecular weight is 705 g/mol. The molecule has 9 heteroatoms. The van der Waals surface area contributed by atoms with Crippen molar-refractivity contribution in [3.63, 3.8) is 0 Å². The molecule has 51 heavy (non-hydrogen) atoms. The number of aliphatic hydroxyl groups excluding tert-OH is 1. The van der Waals surface area contributed by atoms with Crippen molar-refractivity contribution in [2.45, 2.75) is 76.0 Å². The van der Waals surface area contributed by atoms with Crippen molar-refractivity contribution in [1.29, 1.82) is 0 Å². The molecule has 5 atom stereocenters. The average Bonchev–Trinajstić information content (AvgIpc) is 3.16. The molecular formula is C42H48N2O6Si. The van der Waals surface area contributed by atoms with Crippen molar-refractivity contribution >= 4 is 36.4 Å². The maximum atomic E-state index is 14.6. The highest BCUT2D eigenvalue weighted by atomic mass is 28.3. The third-order valence-corrected chi connectivity index (χ3v) is 15.8. The number of benzene rings is 4. The molecule has 3 aliphatic heterocycles. The Balaban J connectivity index is 1.25. The first-order chi connectivity index (χ1) is 24.6. The van der Waals surface area contributed by atoms with Crippen molar-refractivity contribution in [3.05, 3.63) is 113 Å². The number of carbonyl (C=O) groups is 2. The molecule has 0 spiro atoms. The molecule has 3 aliphatic rings. The highest BCUT2D eigenvalue weighted by Crippen LogP contribution is 2.49. The summed E-state index contributed by atoms with van der Waals surface area (Å²) >= 11 is 0. The third kappa shape index (κ3) is 6.47. The molecule has 0 fully saturated rings. The smallest absolute Gasteiger partial charge is 0.231 e. The molecule has 7 rings (SSSR count). The molecule has 0 saturated heterocycles. The van der Waals surface area contributed by atoms with Gasteiger partial charge < -0.3 is 24.2 Å². The monoisotopic (exact) mass is 704 g/mol. The summed E-state index contributed by atoms with van der Waals surface area (Å²) in [5.74, 6) is 1.48. The molecule has 266 valence electrons. The number of amides is 2. The maximum Gasteiger partial charge on any atom is 0.231 e. The Morgan fingerprint density at radius 3 is 2.35 bits per heavy atom. The minimum Gasteiger partial charge on any atom is -0.497 e. The van der Waals surface area contributed by atoms with Crippen LogP contribution in [-0.4, -0.2) is 62.9 Å². The minimum atomic E-state index is -2.45. The largest absolute Gasteiger partial charge is 0.497 e. The lowest BCUT2D eigenvalue weighted by Crippen LogP contribution is -2.56. The summed E-state index contributed by atoms with van der Waals surface area (Å²) in [5.41, 5.74) is 5.94. The Labute approximate surface area is 302 Å². The molecule has 0 aliphatic carbocycles. The van der Waals surface area contributed by atoms with Crippen molar-refractivity contribution in [2.75, 3.05) is 25.7 Å². The lowest BCUT2D eigenvalue weighted by molar-refractivity contribution is -0.136. The summed E-state index contributed by atoms with van der Waals surface area (Å²) in [4.78, 5) is 31.6. The third-order valence-electron chi connectivity index (χ3n) is 11.6. The van der Waals surface area contributed by atoms with Gasteiger partial charge in [0.2, 0.25) is 11.8 Å². The van der Waals surface area contributed by atoms with Crippen molar-refractivity contribution in [3.8, 4) is 11.5 Å². The standard InChI is InChI=1S/C42H48N2O6Si/c1-27-41(49-3)35-23-31(44-36-13-9-8-10-28(36)14-21-39(44)46)15-20-37(35)50-42(27)38(51(4,5)34-18-16-33(48-2)17-19-34)24-40(47)43-25-30-12-7-6-11-29(30)22-32(43)26-45/h6-13,15-20,23,27,32,38,41-42,45H,14,21-22,24-26H2,1-5H3/t27-,32-,38?,41-,42-/m0/s1. The Morgan fingerprint density at radius 1 is 0.941 bits per heavy atom. The van der Waals surface area contributed by atoms with Gasteiger partial charge in [-0.05, 0) is 65.9 Å². The van der Waals surface area contributed by atoms with Gasteiger partial charge in [-0.25, -0.2) is 0 Å². The van der Waals surface area contributed by atoms with Crippen LogP contribution in [0.4, 0.5) is 11.4 Å². The number of carbonyl (C=O) groups excluding carboxylic acids is 2. The number of hydrogen-bond acceptors (Lipinski definition) is 6. The first-order valence-corrected chi connectivity index (χ1v) is 21.1. The van der Waals surface area contributed by atoms with Gasteiger partial charge >= 0.3 is 0 Å². The van der Waals surface area contributed by atoms with Gasteiger partial charge in [-0.2, -0.15) is 0 Å². The van der Waals surface area contributed by atoms with Crippen molar-refractivity contribution in [2.24, 2.45) is 5.92 Å². The Bertz CT molecular complexity index is 1910. The number of fused-ring (bicyclic) bond motifs is 3. The van der Waals surface area contributed by atoms with Gasteiger partial charge in [0.15, 0.2) is 0 Å². The van der Waals surface area contributed by atoms with E-state index < -0.39 is 8.07 Å². The van der Waals surface area contributed by atoms with Crippen LogP contribution in [0.3, 0.4) is 0 Å². The number of rotatable bonds is 9. The lowest BCUT2D eigenvalue weighted by Gasteiger charge is -2.46. The van der Waals surface area contributed by atoms with Gasteiger partial charge in [0.25, 0.3) is 0 Å². The first kappa shape index (κ1) is 35.0. The fourth-order valence-electron chi connectivity index (χ4n) is 8.58. The number of nitrogens with zero attached hydrogens (tertiary/aromatic N) is 2. The molecule has 1 N–H and O–H groups in total. The van der Waals surface area contributed by atoms with Crippen LogP contribution in [0.1, 0.15) is 48.1 Å². The molecule has 4 aromatic carbocycles. The zero-order chi connectivity index (χ0) is 35.9. The van der Waals surface area contributed by atoms with Crippen LogP contribution < -0.4 is 19.6 Å². The number of aryl methyl sites for hydroxylation is 1. The summed E-state index contributed by atoms with van der Waals surface area (Å²) in [5, 5.41) is 11.7. The summed E-state index contributed by atoms with van der Waals surface area (Å²) in [6.45, 7) is 7.17. The van der Waals surface area contributed by atoms with Crippen LogP contribution in [0.5, 0.6) is 11.5 Å². The van der Waals surface area contributed by atoms with Crippen LogP contribution in [0.15, 0.2) is 91.0 Å². The number of aliphatic hydroxyl groups is 1. The second kappa shape index (κ2) is 14.3. The first-order valence-electron chi connectivity index (χ1n) is 18.0.